The van der Waals surface area contributed by atoms with Gasteiger partial charge in [-0.25, -0.2) is 4.39 Å². The molecule has 0 radical (unpaired) electrons. The number of para-hydroxylation sites is 2. The first-order valence-corrected chi connectivity index (χ1v) is 12.2. The predicted molar refractivity (Wildman–Crippen MR) is 137 cm³/mol. The molecule has 0 bridgehead atoms. The number of piperazine rings is 1. The maximum absolute atomic E-state index is 14.2. The third-order valence-corrected chi connectivity index (χ3v) is 7.12. The molecule has 1 aliphatic heterocycles. The maximum atomic E-state index is 14.2. The van der Waals surface area contributed by atoms with E-state index >= 15 is 0 Å². The second kappa shape index (κ2) is 10.4. The topological polar surface area (TPSA) is 30.5 Å². The molecule has 2 atom stereocenters. The minimum Gasteiger partial charge on any atom is -0.367 e. The van der Waals surface area contributed by atoms with Crippen molar-refractivity contribution in [2.75, 3.05) is 36.4 Å². The van der Waals surface area contributed by atoms with Gasteiger partial charge >= 0.3 is 0 Å². The Bertz CT molecular complexity index is 1030. The van der Waals surface area contributed by atoms with E-state index in [-0.39, 0.29) is 17.9 Å². The number of thiophene rings is 1. The normalized spacial score (nSPS) is 16.4. The maximum Gasteiger partial charge on any atom is 0.171 e. The van der Waals surface area contributed by atoms with Crippen molar-refractivity contribution >= 4 is 40.0 Å². The SMILES string of the molecule is Cc1ccccc1NC(=S)N[C@H](C)[C@H](c1cccs1)N1CCN(c2ccccc2F)CC1. The second-order valence-electron chi connectivity index (χ2n) is 8.14. The van der Waals surface area contributed by atoms with E-state index in [9.17, 15) is 4.39 Å². The van der Waals surface area contributed by atoms with Crippen molar-refractivity contribution in [1.82, 2.24) is 10.2 Å². The summed E-state index contributed by atoms with van der Waals surface area (Å²) in [5, 5.41) is 9.58. The number of rotatable bonds is 6. The molecule has 2 N–H and O–H groups in total. The standard InChI is InChI=1S/C25H29FN4S2/c1-18-8-3-5-10-21(18)28-25(31)27-19(2)24(23-12-7-17-32-23)30-15-13-29(14-16-30)22-11-6-4-9-20(22)26/h3-12,17,19,24H,13-16H2,1-2H3,(H2,27,28,31)/t19-,24-/m1/s1. The van der Waals surface area contributed by atoms with Crippen LogP contribution in [0, 0.1) is 12.7 Å². The van der Waals surface area contributed by atoms with Gasteiger partial charge in [-0.05, 0) is 61.3 Å². The van der Waals surface area contributed by atoms with Crippen molar-refractivity contribution in [2.45, 2.75) is 25.9 Å². The van der Waals surface area contributed by atoms with Gasteiger partial charge < -0.3 is 15.5 Å². The number of thiocarbonyl (C=S) groups is 1. The summed E-state index contributed by atoms with van der Waals surface area (Å²) < 4.78 is 14.2. The summed E-state index contributed by atoms with van der Waals surface area (Å²) in [6.07, 6.45) is 0. The smallest absolute Gasteiger partial charge is 0.171 e. The fourth-order valence-corrected chi connectivity index (χ4v) is 5.57. The number of nitrogens with one attached hydrogen (secondary N) is 2. The molecule has 0 aliphatic carbocycles. The molecule has 1 aromatic heterocycles. The van der Waals surface area contributed by atoms with Gasteiger partial charge in [-0.1, -0.05) is 36.4 Å². The zero-order valence-corrected chi connectivity index (χ0v) is 20.1. The molecule has 32 heavy (non-hydrogen) atoms. The molecule has 4 rings (SSSR count). The fraction of sp³-hybridized carbons (Fsp3) is 0.320. The predicted octanol–water partition coefficient (Wildman–Crippen LogP) is 5.43. The van der Waals surface area contributed by atoms with Crippen LogP contribution >= 0.6 is 23.6 Å². The Hall–Kier alpha value is -2.48. The van der Waals surface area contributed by atoms with Crippen LogP contribution < -0.4 is 15.5 Å². The number of benzene rings is 2. The van der Waals surface area contributed by atoms with Crippen molar-refractivity contribution in [2.24, 2.45) is 0 Å². The third kappa shape index (κ3) is 5.28. The number of aryl methyl sites for hydroxylation is 1. The van der Waals surface area contributed by atoms with E-state index in [0.29, 0.717) is 10.8 Å². The van der Waals surface area contributed by atoms with Gasteiger partial charge in [-0.2, -0.15) is 0 Å². The fourth-order valence-electron chi connectivity index (χ4n) is 4.31. The van der Waals surface area contributed by atoms with E-state index < -0.39 is 0 Å². The molecule has 1 aliphatic rings. The van der Waals surface area contributed by atoms with Crippen LogP contribution in [0.2, 0.25) is 0 Å². The zero-order chi connectivity index (χ0) is 22.5. The average molecular weight is 469 g/mol. The van der Waals surface area contributed by atoms with Gasteiger partial charge in [-0.15, -0.1) is 11.3 Å². The van der Waals surface area contributed by atoms with E-state index in [1.54, 1.807) is 17.4 Å². The number of halogens is 1. The summed E-state index contributed by atoms with van der Waals surface area (Å²) in [6, 6.07) is 19.7. The summed E-state index contributed by atoms with van der Waals surface area (Å²) in [4.78, 5) is 5.93. The molecule has 2 heterocycles. The summed E-state index contributed by atoms with van der Waals surface area (Å²) in [6.45, 7) is 7.56. The quantitative estimate of drug-likeness (QED) is 0.471. The largest absolute Gasteiger partial charge is 0.367 e. The van der Waals surface area contributed by atoms with Crippen molar-refractivity contribution < 1.29 is 4.39 Å². The molecule has 1 fully saturated rings. The van der Waals surface area contributed by atoms with Crippen LogP contribution in [0.4, 0.5) is 15.8 Å². The Labute approximate surface area is 199 Å². The average Bonchev–Trinajstić information content (AvgIpc) is 3.31. The van der Waals surface area contributed by atoms with Gasteiger partial charge in [0.2, 0.25) is 0 Å². The molecule has 3 aromatic rings. The molecule has 2 aromatic carbocycles. The Morgan fingerprint density at radius 3 is 2.41 bits per heavy atom. The molecule has 168 valence electrons. The van der Waals surface area contributed by atoms with Gasteiger partial charge in [0.1, 0.15) is 5.82 Å². The molecule has 7 heteroatoms. The van der Waals surface area contributed by atoms with Gasteiger partial charge in [-0.3, -0.25) is 4.90 Å². The highest BCUT2D eigenvalue weighted by atomic mass is 32.1. The van der Waals surface area contributed by atoms with Crippen molar-refractivity contribution in [3.63, 3.8) is 0 Å². The minimum absolute atomic E-state index is 0.109. The van der Waals surface area contributed by atoms with Crippen LogP contribution in [0.3, 0.4) is 0 Å². The summed E-state index contributed by atoms with van der Waals surface area (Å²) in [5.74, 6) is -0.154. The summed E-state index contributed by atoms with van der Waals surface area (Å²) in [5.41, 5.74) is 2.86. The first-order chi connectivity index (χ1) is 15.5. The molecule has 0 amide bonds. The number of hydrogen-bond donors (Lipinski definition) is 2. The number of nitrogens with zero attached hydrogens (tertiary/aromatic N) is 2. The van der Waals surface area contributed by atoms with E-state index in [0.717, 1.165) is 37.4 Å². The van der Waals surface area contributed by atoms with Crippen LogP contribution in [0.1, 0.15) is 23.4 Å². The lowest BCUT2D eigenvalue weighted by Gasteiger charge is -2.42. The molecular formula is C25H29FN4S2. The summed E-state index contributed by atoms with van der Waals surface area (Å²) in [7, 11) is 0. The van der Waals surface area contributed by atoms with E-state index in [1.165, 1.54) is 10.9 Å². The number of anilines is 2. The first-order valence-electron chi connectivity index (χ1n) is 10.9. The van der Waals surface area contributed by atoms with Gasteiger partial charge in [0.05, 0.1) is 11.7 Å². The van der Waals surface area contributed by atoms with E-state index in [1.807, 2.05) is 30.3 Å². The Kier molecular flexibility index (Phi) is 7.40. The highest BCUT2D eigenvalue weighted by molar-refractivity contribution is 7.80. The van der Waals surface area contributed by atoms with Crippen LogP contribution in [-0.2, 0) is 0 Å². The lowest BCUT2D eigenvalue weighted by atomic mass is 10.0. The molecule has 0 unspecified atom stereocenters. The molecule has 0 spiro atoms. The molecule has 0 saturated carbocycles. The monoisotopic (exact) mass is 468 g/mol. The Balaban J connectivity index is 1.43. The van der Waals surface area contributed by atoms with Gasteiger partial charge in [0.25, 0.3) is 0 Å². The highest BCUT2D eigenvalue weighted by Gasteiger charge is 2.31. The first kappa shape index (κ1) is 22.7. The summed E-state index contributed by atoms with van der Waals surface area (Å²) >= 11 is 7.40. The van der Waals surface area contributed by atoms with Gasteiger partial charge in [0, 0.05) is 42.8 Å². The Morgan fingerprint density at radius 2 is 1.72 bits per heavy atom. The van der Waals surface area contributed by atoms with Crippen molar-refractivity contribution in [3.05, 3.63) is 82.3 Å². The zero-order valence-electron chi connectivity index (χ0n) is 18.4. The Morgan fingerprint density at radius 1 is 1.00 bits per heavy atom. The lowest BCUT2D eigenvalue weighted by Crippen LogP contribution is -2.52. The van der Waals surface area contributed by atoms with Gasteiger partial charge in [0.15, 0.2) is 5.11 Å². The third-order valence-electron chi connectivity index (χ3n) is 5.96. The van der Waals surface area contributed by atoms with Crippen LogP contribution in [0.25, 0.3) is 0 Å². The van der Waals surface area contributed by atoms with Crippen molar-refractivity contribution in [1.29, 1.82) is 0 Å². The van der Waals surface area contributed by atoms with Crippen molar-refractivity contribution in [3.8, 4) is 0 Å². The number of hydrogen-bond acceptors (Lipinski definition) is 4. The van der Waals surface area contributed by atoms with Crippen LogP contribution in [0.5, 0.6) is 0 Å². The van der Waals surface area contributed by atoms with E-state index in [2.05, 4.69) is 57.9 Å². The lowest BCUT2D eigenvalue weighted by molar-refractivity contribution is 0.163. The minimum atomic E-state index is -0.154. The molecule has 1 saturated heterocycles. The molecule has 4 nitrogen and oxygen atoms in total. The van der Waals surface area contributed by atoms with E-state index in [4.69, 9.17) is 12.2 Å². The van der Waals surface area contributed by atoms with Crippen LogP contribution in [-0.4, -0.2) is 42.2 Å². The van der Waals surface area contributed by atoms with Crippen LogP contribution in [0.15, 0.2) is 66.0 Å². The second-order valence-corrected chi connectivity index (χ2v) is 9.52. The highest BCUT2D eigenvalue weighted by Crippen LogP contribution is 2.30. The molecular weight excluding hydrogens is 439 g/mol.